The first-order valence-corrected chi connectivity index (χ1v) is 4.57. The van der Waals surface area contributed by atoms with Crippen LogP contribution in [-0.2, 0) is 0 Å². The monoisotopic (exact) mass is 173 g/mol. The van der Waals surface area contributed by atoms with E-state index >= 15 is 0 Å². The number of rotatable bonds is 2. The summed E-state index contributed by atoms with van der Waals surface area (Å²) in [6, 6.07) is 4.17. The Labute approximate surface area is 77.4 Å². The Bertz CT molecular complexity index is 311. The molecule has 1 aromatic heterocycles. The maximum Gasteiger partial charge on any atom is 0.115 e. The Morgan fingerprint density at radius 3 is 2.85 bits per heavy atom. The van der Waals surface area contributed by atoms with Gasteiger partial charge in [-0.05, 0) is 24.8 Å². The number of aromatic nitrogens is 2. The predicted octanol–water partition coefficient (Wildman–Crippen LogP) is 1.88. The lowest BCUT2D eigenvalue weighted by atomic mass is 9.75. The fourth-order valence-corrected chi connectivity index (χ4v) is 1.67. The fourth-order valence-electron chi connectivity index (χ4n) is 1.67. The van der Waals surface area contributed by atoms with E-state index in [0.29, 0.717) is 5.92 Å². The zero-order chi connectivity index (χ0) is 9.10. The molecule has 1 aliphatic rings. The molecule has 1 heterocycles. The predicted molar refractivity (Wildman–Crippen MR) is 47.7 cm³/mol. The minimum Gasteiger partial charge on any atom is -0.245 e. The van der Waals surface area contributed by atoms with Crippen molar-refractivity contribution < 1.29 is 0 Å². The molecule has 3 nitrogen and oxygen atoms in total. The molecule has 3 heteroatoms. The van der Waals surface area contributed by atoms with Gasteiger partial charge in [-0.15, -0.1) is 0 Å². The van der Waals surface area contributed by atoms with Gasteiger partial charge >= 0.3 is 0 Å². The molecule has 1 atom stereocenters. The molecule has 1 aromatic rings. The molecule has 2 rings (SSSR count). The van der Waals surface area contributed by atoms with E-state index in [-0.39, 0.29) is 5.92 Å². The van der Waals surface area contributed by atoms with Crippen molar-refractivity contribution in [2.24, 2.45) is 5.92 Å². The molecule has 66 valence electrons. The number of nitriles is 1. The molecule has 0 N–H and O–H groups in total. The van der Waals surface area contributed by atoms with Gasteiger partial charge in [0.25, 0.3) is 0 Å². The second kappa shape index (κ2) is 3.53. The van der Waals surface area contributed by atoms with Crippen molar-refractivity contribution in [1.29, 1.82) is 5.26 Å². The van der Waals surface area contributed by atoms with Crippen molar-refractivity contribution in [2.45, 2.75) is 25.2 Å². The molecule has 0 bridgehead atoms. The number of hydrogen-bond donors (Lipinski definition) is 0. The molecule has 1 unspecified atom stereocenters. The summed E-state index contributed by atoms with van der Waals surface area (Å²) in [6.07, 6.45) is 6.81. The van der Waals surface area contributed by atoms with Gasteiger partial charge in [0, 0.05) is 6.20 Å². The smallest absolute Gasteiger partial charge is 0.115 e. The highest BCUT2D eigenvalue weighted by molar-refractivity contribution is 5.17. The van der Waals surface area contributed by atoms with Gasteiger partial charge in [-0.25, -0.2) is 9.97 Å². The van der Waals surface area contributed by atoms with E-state index in [4.69, 9.17) is 5.26 Å². The minimum atomic E-state index is -0.0169. The highest BCUT2D eigenvalue weighted by Crippen LogP contribution is 2.37. The summed E-state index contributed by atoms with van der Waals surface area (Å²) in [4.78, 5) is 7.96. The zero-order valence-electron chi connectivity index (χ0n) is 7.35. The molecule has 1 fully saturated rings. The van der Waals surface area contributed by atoms with Crippen LogP contribution < -0.4 is 0 Å². The number of nitrogens with zero attached hydrogens (tertiary/aromatic N) is 3. The Balaban J connectivity index is 2.18. The van der Waals surface area contributed by atoms with E-state index in [1.54, 1.807) is 6.20 Å². The van der Waals surface area contributed by atoms with Crippen molar-refractivity contribution in [3.8, 4) is 6.07 Å². The minimum absolute atomic E-state index is 0.0169. The highest BCUT2D eigenvalue weighted by atomic mass is 14.8. The van der Waals surface area contributed by atoms with Gasteiger partial charge in [0.05, 0.1) is 17.7 Å². The summed E-state index contributed by atoms with van der Waals surface area (Å²) in [5.41, 5.74) is 0.877. The highest BCUT2D eigenvalue weighted by Gasteiger charge is 2.29. The van der Waals surface area contributed by atoms with Gasteiger partial charge in [-0.2, -0.15) is 5.26 Å². The third kappa shape index (κ3) is 1.52. The van der Waals surface area contributed by atoms with Crippen molar-refractivity contribution in [3.63, 3.8) is 0 Å². The quantitative estimate of drug-likeness (QED) is 0.686. The van der Waals surface area contributed by atoms with Gasteiger partial charge in [0.15, 0.2) is 0 Å². The number of hydrogen-bond acceptors (Lipinski definition) is 3. The molecule has 0 aliphatic heterocycles. The van der Waals surface area contributed by atoms with Gasteiger partial charge < -0.3 is 0 Å². The third-order valence-corrected chi connectivity index (χ3v) is 2.68. The van der Waals surface area contributed by atoms with Gasteiger partial charge in [0.1, 0.15) is 6.33 Å². The molecule has 0 amide bonds. The van der Waals surface area contributed by atoms with Gasteiger partial charge in [0.2, 0.25) is 0 Å². The molecule has 0 saturated heterocycles. The summed E-state index contributed by atoms with van der Waals surface area (Å²) < 4.78 is 0. The molecule has 0 aromatic carbocycles. The Hall–Kier alpha value is -1.43. The van der Waals surface area contributed by atoms with Crippen LogP contribution in [0.3, 0.4) is 0 Å². The third-order valence-electron chi connectivity index (χ3n) is 2.68. The lowest BCUT2D eigenvalue weighted by Gasteiger charge is -2.28. The topological polar surface area (TPSA) is 49.6 Å². The van der Waals surface area contributed by atoms with E-state index in [1.165, 1.54) is 25.6 Å². The lowest BCUT2D eigenvalue weighted by molar-refractivity contribution is 0.289. The van der Waals surface area contributed by atoms with E-state index in [9.17, 15) is 0 Å². The van der Waals surface area contributed by atoms with E-state index in [0.717, 1.165) is 5.69 Å². The van der Waals surface area contributed by atoms with Crippen LogP contribution in [0.2, 0.25) is 0 Å². The molecule has 1 aliphatic carbocycles. The van der Waals surface area contributed by atoms with Crippen molar-refractivity contribution in [3.05, 3.63) is 24.3 Å². The average Bonchev–Trinajstić information content (AvgIpc) is 2.12. The van der Waals surface area contributed by atoms with E-state index in [2.05, 4.69) is 16.0 Å². The SMILES string of the molecule is N#CC(c1ccncn1)C1CCC1. The first kappa shape index (κ1) is 8.18. The summed E-state index contributed by atoms with van der Waals surface area (Å²) >= 11 is 0. The van der Waals surface area contributed by atoms with E-state index < -0.39 is 0 Å². The van der Waals surface area contributed by atoms with Crippen LogP contribution in [0.25, 0.3) is 0 Å². The van der Waals surface area contributed by atoms with Crippen LogP contribution in [0.4, 0.5) is 0 Å². The van der Waals surface area contributed by atoms with Crippen LogP contribution in [0.5, 0.6) is 0 Å². The second-order valence-corrected chi connectivity index (χ2v) is 3.43. The second-order valence-electron chi connectivity index (χ2n) is 3.43. The first-order chi connectivity index (χ1) is 6.42. The molecular weight excluding hydrogens is 162 g/mol. The van der Waals surface area contributed by atoms with E-state index in [1.807, 2.05) is 6.07 Å². The van der Waals surface area contributed by atoms with Crippen LogP contribution in [0, 0.1) is 17.2 Å². The van der Waals surface area contributed by atoms with Crippen LogP contribution in [-0.4, -0.2) is 9.97 Å². The Morgan fingerprint density at radius 2 is 2.38 bits per heavy atom. The maximum absolute atomic E-state index is 9.00. The zero-order valence-corrected chi connectivity index (χ0v) is 7.35. The molecule has 13 heavy (non-hydrogen) atoms. The standard InChI is InChI=1S/C10H11N3/c11-6-9(8-2-1-3-8)10-4-5-12-7-13-10/h4-5,7-9H,1-3H2. The largest absolute Gasteiger partial charge is 0.245 e. The van der Waals surface area contributed by atoms with Crippen LogP contribution >= 0.6 is 0 Å². The van der Waals surface area contributed by atoms with Crippen molar-refractivity contribution >= 4 is 0 Å². The lowest BCUT2D eigenvalue weighted by Crippen LogP contribution is -2.19. The summed E-state index contributed by atoms with van der Waals surface area (Å²) in [7, 11) is 0. The maximum atomic E-state index is 9.00. The average molecular weight is 173 g/mol. The van der Waals surface area contributed by atoms with Crippen molar-refractivity contribution in [2.75, 3.05) is 0 Å². The fraction of sp³-hybridized carbons (Fsp3) is 0.500. The summed E-state index contributed by atoms with van der Waals surface area (Å²) in [6.45, 7) is 0. The van der Waals surface area contributed by atoms with Gasteiger partial charge in [-0.3, -0.25) is 0 Å². The molecular formula is C10H11N3. The van der Waals surface area contributed by atoms with Crippen LogP contribution in [0.15, 0.2) is 18.6 Å². The molecule has 0 spiro atoms. The summed E-state index contributed by atoms with van der Waals surface area (Å²) in [5, 5.41) is 9.00. The van der Waals surface area contributed by atoms with Gasteiger partial charge in [-0.1, -0.05) is 6.42 Å². The van der Waals surface area contributed by atoms with Crippen LogP contribution in [0.1, 0.15) is 30.9 Å². The van der Waals surface area contributed by atoms with Crippen molar-refractivity contribution in [1.82, 2.24) is 9.97 Å². The summed E-state index contributed by atoms with van der Waals surface area (Å²) in [5.74, 6) is 0.511. The Kier molecular flexibility index (Phi) is 2.22. The normalized spacial score (nSPS) is 18.7. The Morgan fingerprint density at radius 1 is 1.54 bits per heavy atom. The first-order valence-electron chi connectivity index (χ1n) is 4.57. The molecule has 1 saturated carbocycles. The molecule has 0 radical (unpaired) electrons.